The maximum atomic E-state index is 10.9. The number of hydrogen-bond acceptors (Lipinski definition) is 5. The van der Waals surface area contributed by atoms with Crippen molar-refractivity contribution in [2.24, 2.45) is 5.10 Å². The van der Waals surface area contributed by atoms with Crippen molar-refractivity contribution < 1.29 is 14.3 Å². The summed E-state index contributed by atoms with van der Waals surface area (Å²) in [6.45, 7) is 0.260. The van der Waals surface area contributed by atoms with Gasteiger partial charge >= 0.3 is 0 Å². The van der Waals surface area contributed by atoms with Gasteiger partial charge in [-0.25, -0.2) is 5.43 Å². The number of nitriles is 1. The molecule has 0 unspecified atom stereocenters. The van der Waals surface area contributed by atoms with E-state index in [0.717, 1.165) is 17.1 Å². The Bertz CT molecular complexity index is 642. The highest BCUT2D eigenvalue weighted by atomic mass is 16.7. The van der Waals surface area contributed by atoms with Gasteiger partial charge in [-0.15, -0.1) is 0 Å². The molecule has 6 nitrogen and oxygen atoms in total. The summed E-state index contributed by atoms with van der Waals surface area (Å²) < 4.78 is 10.5. The molecule has 1 aliphatic heterocycles. The molecule has 1 heterocycles. The molecule has 0 bridgehead atoms. The maximum Gasteiger partial charge on any atom is 0.254 e. The van der Waals surface area contributed by atoms with Crippen LogP contribution in [0.25, 0.3) is 6.08 Å². The number of nitrogens with zero attached hydrogens (tertiary/aromatic N) is 2. The second kappa shape index (κ2) is 7.50. The Morgan fingerprint density at radius 1 is 1.33 bits per heavy atom. The van der Waals surface area contributed by atoms with E-state index in [1.165, 1.54) is 6.21 Å². The summed E-state index contributed by atoms with van der Waals surface area (Å²) in [5.41, 5.74) is 3.21. The lowest BCUT2D eigenvalue weighted by molar-refractivity contribution is -0.120. The first kappa shape index (κ1) is 14.3. The van der Waals surface area contributed by atoms with Crippen LogP contribution in [-0.4, -0.2) is 18.9 Å². The van der Waals surface area contributed by atoms with E-state index in [-0.39, 0.29) is 13.2 Å². The molecule has 0 aromatic heterocycles. The van der Waals surface area contributed by atoms with Crippen molar-refractivity contribution in [2.75, 3.05) is 6.79 Å². The zero-order valence-electron chi connectivity index (χ0n) is 11.2. The maximum absolute atomic E-state index is 10.9. The van der Waals surface area contributed by atoms with Gasteiger partial charge in [0, 0.05) is 6.21 Å². The largest absolute Gasteiger partial charge is 0.454 e. The van der Waals surface area contributed by atoms with E-state index in [1.807, 2.05) is 30.4 Å². The first-order chi connectivity index (χ1) is 10.3. The molecule has 0 radical (unpaired) electrons. The van der Waals surface area contributed by atoms with Crippen LogP contribution in [0.1, 0.15) is 12.0 Å². The molecule has 1 aliphatic rings. The summed E-state index contributed by atoms with van der Waals surface area (Å²) in [5, 5.41) is 11.9. The van der Waals surface area contributed by atoms with Gasteiger partial charge < -0.3 is 9.47 Å². The quantitative estimate of drug-likeness (QED) is 0.509. The fraction of sp³-hybridized carbons (Fsp3) is 0.133. The molecule has 0 saturated heterocycles. The number of fused-ring (bicyclic) bond motifs is 1. The number of ether oxygens (including phenoxy) is 2. The Kier molecular flexibility index (Phi) is 5.12. The third-order valence-corrected chi connectivity index (χ3v) is 2.50. The third kappa shape index (κ3) is 4.51. The van der Waals surface area contributed by atoms with Gasteiger partial charge in [-0.2, -0.15) is 10.4 Å². The number of hydrazone groups is 1. The molecule has 1 N–H and O–H groups in total. The van der Waals surface area contributed by atoms with Gasteiger partial charge in [0.1, 0.15) is 6.42 Å². The molecule has 0 aliphatic carbocycles. The van der Waals surface area contributed by atoms with E-state index >= 15 is 0 Å². The number of nitrogens with one attached hydrogen (secondary N) is 1. The zero-order valence-corrected chi connectivity index (χ0v) is 11.2. The second-order valence-electron chi connectivity index (χ2n) is 4.00. The van der Waals surface area contributed by atoms with Crippen LogP contribution in [0.4, 0.5) is 0 Å². The molecular formula is C15H13N3O3. The monoisotopic (exact) mass is 283 g/mol. The number of allylic oxidation sites excluding steroid dienone is 3. The van der Waals surface area contributed by atoms with Gasteiger partial charge in [-0.1, -0.05) is 24.3 Å². The normalized spacial score (nSPS) is 13.1. The Hall–Kier alpha value is -3.07. The summed E-state index contributed by atoms with van der Waals surface area (Å²) in [4.78, 5) is 10.9. The van der Waals surface area contributed by atoms with Crippen LogP contribution < -0.4 is 14.9 Å². The Morgan fingerprint density at radius 2 is 2.19 bits per heavy atom. The van der Waals surface area contributed by atoms with Crippen LogP contribution in [0, 0.1) is 11.3 Å². The predicted molar refractivity (Wildman–Crippen MR) is 77.6 cm³/mol. The number of rotatable bonds is 5. The average Bonchev–Trinajstić information content (AvgIpc) is 2.94. The SMILES string of the molecule is N#CCC(=O)N/N=C/C=C/C=C/c1ccc2c(c1)OCO2. The van der Waals surface area contributed by atoms with E-state index in [2.05, 4.69) is 10.5 Å². The zero-order chi connectivity index (χ0) is 14.9. The van der Waals surface area contributed by atoms with Crippen LogP contribution in [-0.2, 0) is 4.79 Å². The lowest BCUT2D eigenvalue weighted by atomic mass is 10.2. The predicted octanol–water partition coefficient (Wildman–Crippen LogP) is 2.00. The summed E-state index contributed by atoms with van der Waals surface area (Å²) in [6, 6.07) is 7.41. The average molecular weight is 283 g/mol. The fourth-order valence-electron chi connectivity index (χ4n) is 1.56. The Balaban J connectivity index is 1.80. The lowest BCUT2D eigenvalue weighted by Crippen LogP contribution is -2.15. The second-order valence-corrected chi connectivity index (χ2v) is 4.00. The number of benzene rings is 1. The molecule has 1 aromatic carbocycles. The van der Waals surface area contributed by atoms with Crippen molar-refractivity contribution in [2.45, 2.75) is 6.42 Å². The summed E-state index contributed by atoms with van der Waals surface area (Å²) in [6.07, 6.45) is 8.40. The summed E-state index contributed by atoms with van der Waals surface area (Å²) >= 11 is 0. The van der Waals surface area contributed by atoms with Crippen LogP contribution in [0.5, 0.6) is 11.5 Å². The molecule has 106 valence electrons. The van der Waals surface area contributed by atoms with Gasteiger partial charge in [0.2, 0.25) is 6.79 Å². The third-order valence-electron chi connectivity index (χ3n) is 2.50. The molecule has 0 fully saturated rings. The van der Waals surface area contributed by atoms with Gasteiger partial charge in [-0.05, 0) is 23.8 Å². The summed E-state index contributed by atoms with van der Waals surface area (Å²) in [7, 11) is 0. The van der Waals surface area contributed by atoms with E-state index in [1.54, 1.807) is 18.2 Å². The number of hydrogen-bond donors (Lipinski definition) is 1. The van der Waals surface area contributed by atoms with E-state index < -0.39 is 5.91 Å². The van der Waals surface area contributed by atoms with Gasteiger partial charge in [0.15, 0.2) is 11.5 Å². The van der Waals surface area contributed by atoms with Crippen LogP contribution in [0.15, 0.2) is 41.5 Å². The minimum Gasteiger partial charge on any atom is -0.454 e. The highest BCUT2D eigenvalue weighted by Gasteiger charge is 2.11. The van der Waals surface area contributed by atoms with Crippen molar-refractivity contribution in [1.29, 1.82) is 5.26 Å². The molecule has 6 heteroatoms. The molecule has 0 atom stereocenters. The van der Waals surface area contributed by atoms with Crippen molar-refractivity contribution in [3.8, 4) is 17.6 Å². The highest BCUT2D eigenvalue weighted by Crippen LogP contribution is 2.32. The number of carbonyl (C=O) groups is 1. The highest BCUT2D eigenvalue weighted by molar-refractivity contribution is 5.80. The molecule has 2 rings (SSSR count). The first-order valence-electron chi connectivity index (χ1n) is 6.21. The first-order valence-corrected chi connectivity index (χ1v) is 6.21. The van der Waals surface area contributed by atoms with Gasteiger partial charge in [0.25, 0.3) is 5.91 Å². The topological polar surface area (TPSA) is 83.7 Å². The minimum atomic E-state index is -0.432. The van der Waals surface area contributed by atoms with E-state index in [4.69, 9.17) is 14.7 Å². The van der Waals surface area contributed by atoms with Crippen molar-refractivity contribution in [1.82, 2.24) is 5.43 Å². The number of carbonyl (C=O) groups excluding carboxylic acids is 1. The summed E-state index contributed by atoms with van der Waals surface area (Å²) in [5.74, 6) is 1.06. The number of amides is 1. The van der Waals surface area contributed by atoms with Crippen molar-refractivity contribution in [3.63, 3.8) is 0 Å². The molecule has 0 saturated carbocycles. The Labute approximate surface area is 122 Å². The smallest absolute Gasteiger partial charge is 0.254 e. The Morgan fingerprint density at radius 3 is 3.05 bits per heavy atom. The standard InChI is InChI=1S/C15H13N3O3/c16-8-7-15(19)18-17-9-3-1-2-4-12-5-6-13-14(10-12)21-11-20-13/h1-6,9-10H,7,11H2,(H,18,19)/b3-1+,4-2+,17-9+. The van der Waals surface area contributed by atoms with Crippen molar-refractivity contribution >= 4 is 18.2 Å². The minimum absolute atomic E-state index is 0.203. The lowest BCUT2D eigenvalue weighted by Gasteiger charge is -1.96. The molecule has 1 aromatic rings. The molecule has 1 amide bonds. The molecule has 0 spiro atoms. The van der Waals surface area contributed by atoms with Gasteiger partial charge in [-0.3, -0.25) is 4.79 Å². The van der Waals surface area contributed by atoms with E-state index in [9.17, 15) is 4.79 Å². The van der Waals surface area contributed by atoms with Crippen LogP contribution >= 0.6 is 0 Å². The molecule has 21 heavy (non-hydrogen) atoms. The van der Waals surface area contributed by atoms with Crippen molar-refractivity contribution in [3.05, 3.63) is 42.0 Å². The molecular weight excluding hydrogens is 270 g/mol. The van der Waals surface area contributed by atoms with Crippen LogP contribution in [0.2, 0.25) is 0 Å². The van der Waals surface area contributed by atoms with E-state index in [0.29, 0.717) is 0 Å². The fourth-order valence-corrected chi connectivity index (χ4v) is 1.56. The van der Waals surface area contributed by atoms with Crippen LogP contribution in [0.3, 0.4) is 0 Å². The van der Waals surface area contributed by atoms with Gasteiger partial charge in [0.05, 0.1) is 6.07 Å².